The van der Waals surface area contributed by atoms with Gasteiger partial charge in [-0.3, -0.25) is 4.79 Å². The number of ether oxygens (including phenoxy) is 1. The van der Waals surface area contributed by atoms with Crippen LogP contribution in [0, 0.1) is 0 Å². The molecule has 1 aromatic rings. The van der Waals surface area contributed by atoms with Crippen molar-refractivity contribution in [3.63, 3.8) is 0 Å². The second-order valence-corrected chi connectivity index (χ2v) is 8.58. The van der Waals surface area contributed by atoms with Gasteiger partial charge in [-0.2, -0.15) is 13.2 Å². The average Bonchev–Trinajstić information content (AvgIpc) is 2.81. The topological polar surface area (TPSA) is 97.2 Å². The molecule has 188 valence electrons. The van der Waals surface area contributed by atoms with Crippen LogP contribution in [-0.2, 0) is 15.8 Å². The summed E-state index contributed by atoms with van der Waals surface area (Å²) in [5.74, 6) is -0.702. The van der Waals surface area contributed by atoms with E-state index >= 15 is 0 Å². The third-order valence-corrected chi connectivity index (χ3v) is 5.66. The molecule has 0 aromatic carbocycles. The number of carbonyl (C=O) groups excluding carboxylic acids is 2. The Kier molecular flexibility index (Phi) is 8.32. The van der Waals surface area contributed by atoms with Gasteiger partial charge in [0.25, 0.3) is 0 Å². The van der Waals surface area contributed by atoms with Crippen molar-refractivity contribution in [3.8, 4) is 0 Å². The van der Waals surface area contributed by atoms with E-state index in [0.29, 0.717) is 51.9 Å². The summed E-state index contributed by atoms with van der Waals surface area (Å²) in [4.78, 5) is 40.5. The maximum absolute atomic E-state index is 13.4. The predicted octanol–water partition coefficient (Wildman–Crippen LogP) is 4.07. The number of halogens is 3. The largest absolute Gasteiger partial charge is 0.447 e. The van der Waals surface area contributed by atoms with Gasteiger partial charge < -0.3 is 19.4 Å². The van der Waals surface area contributed by atoms with Crippen LogP contribution in [0.4, 0.5) is 23.9 Å². The van der Waals surface area contributed by atoms with Gasteiger partial charge in [0, 0.05) is 64.5 Å². The molecule has 12 heteroatoms. The molecule has 2 aliphatic rings. The lowest BCUT2D eigenvalue weighted by Crippen LogP contribution is -2.41. The lowest BCUT2D eigenvalue weighted by atomic mass is 10.1. The molecule has 0 atom stereocenters. The number of amides is 1. The molecule has 1 amide bonds. The number of aromatic nitrogens is 2. The van der Waals surface area contributed by atoms with Crippen molar-refractivity contribution < 1.29 is 32.3 Å². The monoisotopic (exact) mass is 485 g/mol. The Labute approximate surface area is 196 Å². The Morgan fingerprint density at radius 2 is 1.82 bits per heavy atom. The van der Waals surface area contributed by atoms with Gasteiger partial charge >= 0.3 is 12.3 Å². The van der Waals surface area contributed by atoms with Gasteiger partial charge in [-0.05, 0) is 13.8 Å². The summed E-state index contributed by atoms with van der Waals surface area (Å²) in [5, 5.41) is 4.25. The number of rotatable bonds is 6. The van der Waals surface area contributed by atoms with Crippen molar-refractivity contribution in [1.82, 2.24) is 14.9 Å². The summed E-state index contributed by atoms with van der Waals surface area (Å²) >= 11 is 0. The van der Waals surface area contributed by atoms with Crippen LogP contribution < -0.4 is 4.90 Å². The van der Waals surface area contributed by atoms with Crippen molar-refractivity contribution in [1.29, 1.82) is 0 Å². The first-order chi connectivity index (χ1) is 16.1. The van der Waals surface area contributed by atoms with Gasteiger partial charge in [-0.15, -0.1) is 0 Å². The van der Waals surface area contributed by atoms with Crippen LogP contribution >= 0.6 is 0 Å². The van der Waals surface area contributed by atoms with E-state index in [0.717, 1.165) is 11.9 Å². The molecule has 0 saturated carbocycles. The molecule has 2 fully saturated rings. The fourth-order valence-corrected chi connectivity index (χ4v) is 3.76. The highest BCUT2D eigenvalue weighted by molar-refractivity contribution is 5.96. The number of hydrogen-bond acceptors (Lipinski definition) is 8. The van der Waals surface area contributed by atoms with E-state index in [1.807, 2.05) is 0 Å². The Balaban J connectivity index is 1.53. The number of alkyl halides is 3. The molecule has 0 N–H and O–H groups in total. The van der Waals surface area contributed by atoms with Gasteiger partial charge in [0.2, 0.25) is 5.95 Å². The quantitative estimate of drug-likeness (QED) is 0.443. The molecule has 2 aliphatic heterocycles. The molecule has 0 bridgehead atoms. The zero-order valence-corrected chi connectivity index (χ0v) is 19.6. The maximum Gasteiger partial charge on any atom is 0.434 e. The smallest absolute Gasteiger partial charge is 0.434 e. The number of anilines is 1. The van der Waals surface area contributed by atoms with Crippen LogP contribution in [0.2, 0.25) is 0 Å². The molecule has 1 aromatic heterocycles. The molecule has 0 unspecified atom stereocenters. The van der Waals surface area contributed by atoms with E-state index in [1.54, 1.807) is 23.6 Å². The van der Waals surface area contributed by atoms with Crippen molar-refractivity contribution in [3.05, 3.63) is 17.5 Å². The van der Waals surface area contributed by atoms with E-state index < -0.39 is 23.2 Å². The molecular formula is C22H30F3N5O4. The summed E-state index contributed by atoms with van der Waals surface area (Å²) in [6.45, 7) is 6.95. The summed E-state index contributed by atoms with van der Waals surface area (Å²) in [6.07, 6.45) is -2.13. The second-order valence-electron chi connectivity index (χ2n) is 8.58. The van der Waals surface area contributed by atoms with Crippen LogP contribution in [0.15, 0.2) is 11.4 Å². The van der Waals surface area contributed by atoms with Gasteiger partial charge in [-0.1, -0.05) is 12.1 Å². The van der Waals surface area contributed by atoms with Gasteiger partial charge in [-0.25, -0.2) is 14.8 Å². The Bertz CT molecular complexity index is 904. The van der Waals surface area contributed by atoms with Crippen molar-refractivity contribution >= 4 is 23.5 Å². The van der Waals surface area contributed by atoms with Crippen LogP contribution in [0.5, 0.6) is 0 Å². The minimum absolute atomic E-state index is 0.0550. The lowest BCUT2D eigenvalue weighted by molar-refractivity contribution is -0.141. The molecule has 0 spiro atoms. The molecule has 3 heterocycles. The molecule has 9 nitrogen and oxygen atoms in total. The number of ketones is 1. The molecule has 34 heavy (non-hydrogen) atoms. The number of piperidine rings is 2. The van der Waals surface area contributed by atoms with Crippen molar-refractivity contribution in [2.45, 2.75) is 71.3 Å². The molecular weight excluding hydrogens is 455 g/mol. The highest BCUT2D eigenvalue weighted by Crippen LogP contribution is 2.32. The number of hydrogen-bond donors (Lipinski definition) is 0. The normalized spacial score (nSPS) is 17.7. The standard InChI is InChI=1S/C22H30F3N5O4/c1-4-18(31)17-13-26-20(27-19(17)22(23,24)25)29-9-5-15(6-10-29)28-34-16-7-11-30(12-8-16)21(32)33-14(2)3/h13-14,16H,4-12H2,1-3H3. The third kappa shape index (κ3) is 6.57. The SMILES string of the molecule is CCC(=O)c1cnc(N2CCC(=NOC3CCN(C(=O)OC(C)C)CC3)CC2)nc1C(F)(F)F. The van der Waals surface area contributed by atoms with E-state index in [2.05, 4.69) is 15.1 Å². The van der Waals surface area contributed by atoms with Crippen LogP contribution in [0.3, 0.4) is 0 Å². The second kappa shape index (κ2) is 11.0. The van der Waals surface area contributed by atoms with E-state index in [4.69, 9.17) is 9.57 Å². The first kappa shape index (κ1) is 25.7. The van der Waals surface area contributed by atoms with Crippen LogP contribution in [-0.4, -0.2) is 70.8 Å². The van der Waals surface area contributed by atoms with Gasteiger partial charge in [0.05, 0.1) is 17.4 Å². The molecule has 2 saturated heterocycles. The summed E-state index contributed by atoms with van der Waals surface area (Å²) in [5.41, 5.74) is -0.891. The Hall–Kier alpha value is -2.92. The van der Waals surface area contributed by atoms with Crippen LogP contribution in [0.1, 0.15) is 68.9 Å². The summed E-state index contributed by atoms with van der Waals surface area (Å²) in [7, 11) is 0. The highest BCUT2D eigenvalue weighted by Gasteiger charge is 2.38. The summed E-state index contributed by atoms with van der Waals surface area (Å²) in [6, 6.07) is 0. The Morgan fingerprint density at radius 1 is 1.18 bits per heavy atom. The average molecular weight is 486 g/mol. The van der Waals surface area contributed by atoms with Crippen molar-refractivity contribution in [2.24, 2.45) is 5.16 Å². The van der Waals surface area contributed by atoms with Gasteiger partial charge in [0.15, 0.2) is 11.5 Å². The Morgan fingerprint density at radius 3 is 2.38 bits per heavy atom. The fraction of sp³-hybridized carbons (Fsp3) is 0.682. The molecule has 3 rings (SSSR count). The molecule has 0 radical (unpaired) electrons. The first-order valence-corrected chi connectivity index (χ1v) is 11.5. The molecule has 0 aliphatic carbocycles. The zero-order chi connectivity index (χ0) is 24.9. The number of oxime groups is 1. The highest BCUT2D eigenvalue weighted by atomic mass is 19.4. The first-order valence-electron chi connectivity index (χ1n) is 11.5. The van der Waals surface area contributed by atoms with Gasteiger partial charge in [0.1, 0.15) is 6.10 Å². The van der Waals surface area contributed by atoms with E-state index in [-0.39, 0.29) is 30.7 Å². The fourth-order valence-electron chi connectivity index (χ4n) is 3.76. The third-order valence-electron chi connectivity index (χ3n) is 5.66. The maximum atomic E-state index is 13.4. The number of carbonyl (C=O) groups is 2. The summed E-state index contributed by atoms with van der Waals surface area (Å²) < 4.78 is 45.5. The van der Waals surface area contributed by atoms with Crippen molar-refractivity contribution in [2.75, 3.05) is 31.1 Å². The lowest BCUT2D eigenvalue weighted by Gasteiger charge is -2.31. The number of Topliss-reactive ketones (excluding diaryl/α,β-unsaturated/α-hetero) is 1. The minimum atomic E-state index is -4.74. The van der Waals surface area contributed by atoms with E-state index in [9.17, 15) is 22.8 Å². The number of likely N-dealkylation sites (tertiary alicyclic amines) is 1. The zero-order valence-electron chi connectivity index (χ0n) is 19.6. The number of nitrogens with zero attached hydrogens (tertiary/aromatic N) is 5. The minimum Gasteiger partial charge on any atom is -0.447 e. The predicted molar refractivity (Wildman–Crippen MR) is 118 cm³/mol. The van der Waals surface area contributed by atoms with E-state index in [1.165, 1.54) is 6.92 Å². The van der Waals surface area contributed by atoms with Crippen LogP contribution in [0.25, 0.3) is 0 Å².